The van der Waals surface area contributed by atoms with E-state index in [1.54, 1.807) is 0 Å². The van der Waals surface area contributed by atoms with Crippen LogP contribution in [0.15, 0.2) is 24.3 Å². The minimum atomic E-state index is -0.916. The molecule has 1 aromatic carbocycles. The summed E-state index contributed by atoms with van der Waals surface area (Å²) in [6, 6.07) is 8.48. The van der Waals surface area contributed by atoms with Crippen molar-refractivity contribution in [2.45, 2.75) is 70.6 Å². The lowest BCUT2D eigenvalue weighted by atomic mass is 9.72. The van der Waals surface area contributed by atoms with E-state index in [1.807, 2.05) is 13.8 Å². The van der Waals surface area contributed by atoms with Gasteiger partial charge in [-0.25, -0.2) is 8.78 Å². The number of fused-ring (bicyclic) bond motifs is 1. The van der Waals surface area contributed by atoms with Gasteiger partial charge in [0.2, 0.25) is 0 Å². The van der Waals surface area contributed by atoms with Gasteiger partial charge in [-0.05, 0) is 92.7 Å². The van der Waals surface area contributed by atoms with Crippen molar-refractivity contribution in [3.05, 3.63) is 29.8 Å². The highest BCUT2D eigenvalue weighted by atomic mass is 19.1. The maximum Gasteiger partial charge on any atom is 0.119 e. The molecule has 6 atom stereocenters. The number of benzene rings is 1. The van der Waals surface area contributed by atoms with E-state index in [4.69, 9.17) is 4.74 Å². The van der Waals surface area contributed by atoms with Crippen LogP contribution in [0.3, 0.4) is 0 Å². The van der Waals surface area contributed by atoms with Crippen molar-refractivity contribution < 1.29 is 13.5 Å². The summed E-state index contributed by atoms with van der Waals surface area (Å²) in [5.74, 6) is 2.11. The SMILES string of the molecule is CCOc1ccc(C2CCC(C3CC4CC(C)C(F)C4C3F)CC2)cc1. The van der Waals surface area contributed by atoms with Crippen molar-refractivity contribution in [2.75, 3.05) is 6.61 Å². The molecule has 0 bridgehead atoms. The Labute approximate surface area is 156 Å². The van der Waals surface area contributed by atoms with Gasteiger partial charge in [0.05, 0.1) is 6.61 Å². The van der Waals surface area contributed by atoms with E-state index in [0.717, 1.165) is 44.3 Å². The Morgan fingerprint density at radius 2 is 1.62 bits per heavy atom. The molecule has 26 heavy (non-hydrogen) atoms. The van der Waals surface area contributed by atoms with E-state index >= 15 is 4.39 Å². The summed E-state index contributed by atoms with van der Waals surface area (Å²) >= 11 is 0. The molecule has 1 aromatic rings. The molecular formula is C23H32F2O. The van der Waals surface area contributed by atoms with Crippen LogP contribution in [-0.2, 0) is 0 Å². The molecule has 6 unspecified atom stereocenters. The lowest BCUT2D eigenvalue weighted by Gasteiger charge is -2.34. The first-order chi connectivity index (χ1) is 12.6. The van der Waals surface area contributed by atoms with E-state index < -0.39 is 12.3 Å². The van der Waals surface area contributed by atoms with Gasteiger partial charge in [-0.2, -0.15) is 0 Å². The number of hydrogen-bond donors (Lipinski definition) is 0. The highest BCUT2D eigenvalue weighted by molar-refractivity contribution is 5.29. The average Bonchev–Trinajstić information content (AvgIpc) is 3.12. The van der Waals surface area contributed by atoms with Gasteiger partial charge in [0.1, 0.15) is 18.1 Å². The van der Waals surface area contributed by atoms with Crippen LogP contribution < -0.4 is 4.74 Å². The summed E-state index contributed by atoms with van der Waals surface area (Å²) in [6.45, 7) is 4.64. The van der Waals surface area contributed by atoms with Gasteiger partial charge in [0.15, 0.2) is 0 Å². The second kappa shape index (κ2) is 7.48. The first-order valence-electron chi connectivity index (χ1n) is 10.6. The highest BCUT2D eigenvalue weighted by Crippen LogP contribution is 2.55. The van der Waals surface area contributed by atoms with Crippen LogP contribution in [0.2, 0.25) is 0 Å². The second-order valence-corrected chi connectivity index (χ2v) is 8.95. The third-order valence-electron chi connectivity index (χ3n) is 7.52. The van der Waals surface area contributed by atoms with Crippen LogP contribution in [-0.4, -0.2) is 19.0 Å². The zero-order valence-electron chi connectivity index (χ0n) is 16.0. The standard InChI is InChI=1S/C23H32F2O/c1-3-26-19-10-8-16(9-11-19)15-4-6-17(7-5-15)20-13-18-12-14(2)22(24)21(18)23(20)25/h8-11,14-15,17-18,20-23H,3-7,12-13H2,1-2H3. The molecule has 0 spiro atoms. The number of halogens is 2. The van der Waals surface area contributed by atoms with Crippen molar-refractivity contribution in [1.82, 2.24) is 0 Å². The highest BCUT2D eigenvalue weighted by Gasteiger charge is 2.55. The average molecular weight is 363 g/mol. The Kier molecular flexibility index (Phi) is 5.25. The number of ether oxygens (including phenoxy) is 1. The van der Waals surface area contributed by atoms with Crippen molar-refractivity contribution in [1.29, 1.82) is 0 Å². The van der Waals surface area contributed by atoms with Gasteiger partial charge in [-0.1, -0.05) is 19.1 Å². The normalized spacial score (nSPS) is 42.6. The van der Waals surface area contributed by atoms with E-state index in [0.29, 0.717) is 24.4 Å². The van der Waals surface area contributed by atoms with Crippen LogP contribution in [0.1, 0.15) is 63.9 Å². The predicted octanol–water partition coefficient (Wildman–Crippen LogP) is 6.33. The van der Waals surface area contributed by atoms with E-state index in [2.05, 4.69) is 24.3 Å². The molecule has 3 saturated carbocycles. The third-order valence-corrected chi connectivity index (χ3v) is 7.52. The minimum Gasteiger partial charge on any atom is -0.494 e. The number of hydrogen-bond acceptors (Lipinski definition) is 1. The summed E-state index contributed by atoms with van der Waals surface area (Å²) in [6.07, 6.45) is 4.44. The topological polar surface area (TPSA) is 9.23 Å². The van der Waals surface area contributed by atoms with Crippen molar-refractivity contribution in [3.63, 3.8) is 0 Å². The van der Waals surface area contributed by atoms with Gasteiger partial charge >= 0.3 is 0 Å². The Balaban J connectivity index is 1.34. The molecule has 3 aliphatic rings. The fourth-order valence-electron chi connectivity index (χ4n) is 6.19. The fraction of sp³-hybridized carbons (Fsp3) is 0.739. The molecule has 0 amide bonds. The monoisotopic (exact) mass is 362 g/mol. The van der Waals surface area contributed by atoms with E-state index in [9.17, 15) is 4.39 Å². The van der Waals surface area contributed by atoms with E-state index in [1.165, 1.54) is 5.56 Å². The summed E-state index contributed by atoms with van der Waals surface area (Å²) in [7, 11) is 0. The molecule has 144 valence electrons. The van der Waals surface area contributed by atoms with Gasteiger partial charge in [0, 0.05) is 5.92 Å². The quantitative estimate of drug-likeness (QED) is 0.608. The fourth-order valence-corrected chi connectivity index (χ4v) is 6.19. The Morgan fingerprint density at radius 1 is 0.923 bits per heavy atom. The molecule has 0 saturated heterocycles. The zero-order valence-corrected chi connectivity index (χ0v) is 16.0. The van der Waals surface area contributed by atoms with Crippen LogP contribution in [0.5, 0.6) is 5.75 Å². The summed E-state index contributed by atoms with van der Waals surface area (Å²) in [5, 5.41) is 0. The molecule has 0 radical (unpaired) electrons. The number of alkyl halides is 2. The molecule has 0 aromatic heterocycles. The van der Waals surface area contributed by atoms with Gasteiger partial charge in [-0.15, -0.1) is 0 Å². The molecule has 0 aliphatic heterocycles. The Bertz CT molecular complexity index is 593. The lowest BCUT2D eigenvalue weighted by Crippen LogP contribution is -2.31. The van der Waals surface area contributed by atoms with Gasteiger partial charge in [-0.3, -0.25) is 0 Å². The smallest absolute Gasteiger partial charge is 0.119 e. The molecule has 3 aliphatic carbocycles. The van der Waals surface area contributed by atoms with Gasteiger partial charge in [0.25, 0.3) is 0 Å². The lowest BCUT2D eigenvalue weighted by molar-refractivity contribution is 0.0851. The summed E-state index contributed by atoms with van der Waals surface area (Å²) in [4.78, 5) is 0. The molecular weight excluding hydrogens is 330 g/mol. The molecule has 4 rings (SSSR count). The van der Waals surface area contributed by atoms with Crippen molar-refractivity contribution in [2.24, 2.45) is 29.6 Å². The van der Waals surface area contributed by atoms with Crippen molar-refractivity contribution in [3.8, 4) is 5.75 Å². The Hall–Kier alpha value is -1.12. The van der Waals surface area contributed by atoms with Crippen LogP contribution in [0.4, 0.5) is 8.78 Å². The molecule has 3 fully saturated rings. The van der Waals surface area contributed by atoms with Crippen molar-refractivity contribution >= 4 is 0 Å². The first kappa shape index (κ1) is 18.3. The second-order valence-electron chi connectivity index (χ2n) is 8.95. The summed E-state index contributed by atoms with van der Waals surface area (Å²) < 4.78 is 34.9. The largest absolute Gasteiger partial charge is 0.494 e. The molecule has 0 N–H and O–H groups in total. The third kappa shape index (κ3) is 3.27. The predicted molar refractivity (Wildman–Crippen MR) is 101 cm³/mol. The zero-order chi connectivity index (χ0) is 18.3. The number of rotatable bonds is 4. The van der Waals surface area contributed by atoms with Crippen LogP contribution in [0.25, 0.3) is 0 Å². The van der Waals surface area contributed by atoms with Gasteiger partial charge < -0.3 is 4.74 Å². The molecule has 1 nitrogen and oxygen atoms in total. The van der Waals surface area contributed by atoms with Crippen LogP contribution in [0, 0.1) is 29.6 Å². The minimum absolute atomic E-state index is 0.0552. The molecule has 0 heterocycles. The Morgan fingerprint density at radius 3 is 2.23 bits per heavy atom. The maximum absolute atomic E-state index is 15.0. The maximum atomic E-state index is 15.0. The molecule has 3 heteroatoms. The van der Waals surface area contributed by atoms with Crippen LogP contribution >= 0.6 is 0 Å². The van der Waals surface area contributed by atoms with E-state index in [-0.39, 0.29) is 17.8 Å². The first-order valence-corrected chi connectivity index (χ1v) is 10.6. The summed E-state index contributed by atoms with van der Waals surface area (Å²) in [5.41, 5.74) is 1.38.